The smallest absolute Gasteiger partial charge is 0.254 e. The minimum atomic E-state index is -0.239. The van der Waals surface area contributed by atoms with Gasteiger partial charge in [-0.3, -0.25) is 9.59 Å². The van der Waals surface area contributed by atoms with Crippen LogP contribution in [0.4, 0.5) is 0 Å². The zero-order valence-electron chi connectivity index (χ0n) is 14.5. The van der Waals surface area contributed by atoms with E-state index in [9.17, 15) is 9.59 Å². The normalized spacial score (nSPS) is 15.7. The number of rotatable bonds is 5. The van der Waals surface area contributed by atoms with Crippen molar-refractivity contribution in [2.24, 2.45) is 7.05 Å². The molecule has 2 aromatic rings. The fraction of sp³-hybridized carbons (Fsp3) is 0.368. The lowest BCUT2D eigenvalue weighted by molar-refractivity contribution is 0.0462. The second-order valence-electron chi connectivity index (χ2n) is 6.11. The first-order chi connectivity index (χ1) is 12.1. The molecule has 3 rings (SSSR count). The molecule has 6 nitrogen and oxygen atoms in total. The van der Waals surface area contributed by atoms with Gasteiger partial charge in [0.05, 0.1) is 6.54 Å². The summed E-state index contributed by atoms with van der Waals surface area (Å²) >= 11 is 0. The third kappa shape index (κ3) is 3.84. The van der Waals surface area contributed by atoms with Crippen molar-refractivity contribution in [3.8, 4) is 11.5 Å². The van der Waals surface area contributed by atoms with Gasteiger partial charge in [-0.25, -0.2) is 0 Å². The standard InChI is InChI=1S/C19H22N2O4/c1-3-9-21(19(23)14-8-10-20(2)18(22)11-14)12-15-13-24-16-6-4-5-7-17(16)25-15/h4-8,10-11,15H,3,9,12-13H2,1-2H3/t15-/m1/s1. The molecular formula is C19H22N2O4. The summed E-state index contributed by atoms with van der Waals surface area (Å²) < 4.78 is 13.1. The fourth-order valence-electron chi connectivity index (χ4n) is 2.81. The van der Waals surface area contributed by atoms with Gasteiger partial charge in [0.15, 0.2) is 17.6 Å². The highest BCUT2D eigenvalue weighted by Gasteiger charge is 2.25. The van der Waals surface area contributed by atoms with Gasteiger partial charge in [0, 0.05) is 31.4 Å². The number of benzene rings is 1. The lowest BCUT2D eigenvalue weighted by Crippen LogP contribution is -2.44. The fourth-order valence-corrected chi connectivity index (χ4v) is 2.81. The molecule has 2 heterocycles. The van der Waals surface area contributed by atoms with Crippen LogP contribution in [0.25, 0.3) is 0 Å². The molecule has 1 aromatic heterocycles. The number of carbonyl (C=O) groups excluding carboxylic acids is 1. The molecule has 0 radical (unpaired) electrons. The van der Waals surface area contributed by atoms with E-state index in [-0.39, 0.29) is 17.6 Å². The summed E-state index contributed by atoms with van der Waals surface area (Å²) in [4.78, 5) is 26.3. The zero-order valence-corrected chi connectivity index (χ0v) is 14.5. The van der Waals surface area contributed by atoms with Crippen LogP contribution in [0, 0.1) is 0 Å². The Hall–Kier alpha value is -2.76. The SMILES string of the molecule is CCCN(C[C@@H]1COc2ccccc2O1)C(=O)c1ccn(C)c(=O)c1. The first-order valence-corrected chi connectivity index (χ1v) is 8.43. The number of pyridine rings is 1. The molecule has 1 aliphatic rings. The number of amides is 1. The van der Waals surface area contributed by atoms with E-state index >= 15 is 0 Å². The van der Waals surface area contributed by atoms with E-state index in [4.69, 9.17) is 9.47 Å². The number of carbonyl (C=O) groups is 1. The lowest BCUT2D eigenvalue weighted by atomic mass is 10.2. The van der Waals surface area contributed by atoms with E-state index in [1.165, 1.54) is 10.6 Å². The minimum absolute atomic E-state index is 0.165. The van der Waals surface area contributed by atoms with Gasteiger partial charge < -0.3 is 18.9 Å². The molecule has 0 saturated carbocycles. The van der Waals surface area contributed by atoms with Crippen molar-refractivity contribution < 1.29 is 14.3 Å². The highest BCUT2D eigenvalue weighted by Crippen LogP contribution is 2.31. The van der Waals surface area contributed by atoms with Gasteiger partial charge in [0.1, 0.15) is 6.61 Å². The number of aryl methyl sites for hydroxylation is 1. The molecule has 1 aliphatic heterocycles. The summed E-state index contributed by atoms with van der Waals surface area (Å²) in [6.45, 7) is 3.41. The van der Waals surface area contributed by atoms with Crippen molar-refractivity contribution >= 4 is 5.91 Å². The first-order valence-electron chi connectivity index (χ1n) is 8.43. The van der Waals surface area contributed by atoms with Crippen molar-refractivity contribution in [3.63, 3.8) is 0 Å². The molecule has 1 aromatic carbocycles. The summed E-state index contributed by atoms with van der Waals surface area (Å²) in [5.74, 6) is 1.25. The molecule has 0 aliphatic carbocycles. The molecular weight excluding hydrogens is 320 g/mol. The molecule has 0 saturated heterocycles. The Kier molecular flexibility index (Phi) is 5.07. The summed E-state index contributed by atoms with van der Waals surface area (Å²) in [5.41, 5.74) is 0.196. The average Bonchev–Trinajstić information content (AvgIpc) is 2.63. The van der Waals surface area contributed by atoms with Crippen LogP contribution in [-0.4, -0.2) is 41.2 Å². The van der Waals surface area contributed by atoms with Crippen LogP contribution in [0.3, 0.4) is 0 Å². The quantitative estimate of drug-likeness (QED) is 0.835. The number of para-hydroxylation sites is 2. The minimum Gasteiger partial charge on any atom is -0.486 e. The van der Waals surface area contributed by atoms with Crippen molar-refractivity contribution in [1.29, 1.82) is 0 Å². The first kappa shape index (κ1) is 17.1. The van der Waals surface area contributed by atoms with Crippen LogP contribution >= 0.6 is 0 Å². The molecule has 0 bridgehead atoms. The van der Waals surface area contributed by atoms with Gasteiger partial charge in [0.2, 0.25) is 0 Å². The van der Waals surface area contributed by atoms with E-state index in [0.29, 0.717) is 31.0 Å². The van der Waals surface area contributed by atoms with Crippen LogP contribution in [-0.2, 0) is 7.05 Å². The van der Waals surface area contributed by atoms with Crippen LogP contribution < -0.4 is 15.0 Å². The topological polar surface area (TPSA) is 60.8 Å². The van der Waals surface area contributed by atoms with Crippen molar-refractivity contribution in [3.05, 3.63) is 58.5 Å². The summed E-state index contributed by atoms with van der Waals surface area (Å²) in [7, 11) is 1.66. The Morgan fingerprint density at radius 1 is 1.28 bits per heavy atom. The second kappa shape index (κ2) is 7.42. The molecule has 25 heavy (non-hydrogen) atoms. The number of hydrogen-bond acceptors (Lipinski definition) is 4. The van der Waals surface area contributed by atoms with E-state index in [1.54, 1.807) is 24.2 Å². The molecule has 1 amide bonds. The summed E-state index contributed by atoms with van der Waals surface area (Å²) in [6, 6.07) is 10.5. The van der Waals surface area contributed by atoms with Crippen LogP contribution in [0.15, 0.2) is 47.4 Å². The highest BCUT2D eigenvalue weighted by molar-refractivity contribution is 5.94. The number of nitrogens with zero attached hydrogens (tertiary/aromatic N) is 2. The Morgan fingerprint density at radius 3 is 2.76 bits per heavy atom. The summed E-state index contributed by atoms with van der Waals surface area (Å²) in [5, 5.41) is 0. The van der Waals surface area contributed by atoms with Gasteiger partial charge >= 0.3 is 0 Å². The van der Waals surface area contributed by atoms with Crippen molar-refractivity contribution in [1.82, 2.24) is 9.47 Å². The molecule has 0 unspecified atom stereocenters. The van der Waals surface area contributed by atoms with Gasteiger partial charge in [0.25, 0.3) is 11.5 Å². The Bertz CT molecular complexity index is 815. The van der Waals surface area contributed by atoms with Crippen LogP contribution in [0.1, 0.15) is 23.7 Å². The largest absolute Gasteiger partial charge is 0.486 e. The van der Waals surface area contributed by atoms with E-state index in [1.807, 2.05) is 31.2 Å². The van der Waals surface area contributed by atoms with E-state index < -0.39 is 0 Å². The molecule has 0 fully saturated rings. The Balaban J connectivity index is 1.74. The molecule has 0 spiro atoms. The highest BCUT2D eigenvalue weighted by atomic mass is 16.6. The Morgan fingerprint density at radius 2 is 2.04 bits per heavy atom. The second-order valence-corrected chi connectivity index (χ2v) is 6.11. The zero-order chi connectivity index (χ0) is 17.8. The maximum Gasteiger partial charge on any atom is 0.254 e. The Labute approximate surface area is 146 Å². The van der Waals surface area contributed by atoms with Crippen LogP contribution in [0.5, 0.6) is 11.5 Å². The predicted molar refractivity (Wildman–Crippen MR) is 94.2 cm³/mol. The van der Waals surface area contributed by atoms with Gasteiger partial charge in [-0.1, -0.05) is 19.1 Å². The monoisotopic (exact) mass is 342 g/mol. The van der Waals surface area contributed by atoms with Gasteiger partial charge in [-0.2, -0.15) is 0 Å². The molecule has 132 valence electrons. The number of aromatic nitrogens is 1. The predicted octanol–water partition coefficient (Wildman–Crippen LogP) is 2.08. The maximum atomic E-state index is 12.8. The van der Waals surface area contributed by atoms with Crippen molar-refractivity contribution in [2.45, 2.75) is 19.4 Å². The average molecular weight is 342 g/mol. The van der Waals surface area contributed by atoms with Crippen LogP contribution in [0.2, 0.25) is 0 Å². The number of hydrogen-bond donors (Lipinski definition) is 0. The third-order valence-corrected chi connectivity index (χ3v) is 4.12. The van der Waals surface area contributed by atoms with E-state index in [2.05, 4.69) is 0 Å². The third-order valence-electron chi connectivity index (χ3n) is 4.12. The van der Waals surface area contributed by atoms with E-state index in [0.717, 1.165) is 12.2 Å². The van der Waals surface area contributed by atoms with Crippen molar-refractivity contribution in [2.75, 3.05) is 19.7 Å². The van der Waals surface area contributed by atoms with Gasteiger partial charge in [-0.05, 0) is 24.6 Å². The number of fused-ring (bicyclic) bond motifs is 1. The van der Waals surface area contributed by atoms with Gasteiger partial charge in [-0.15, -0.1) is 0 Å². The molecule has 1 atom stereocenters. The summed E-state index contributed by atoms with van der Waals surface area (Å²) in [6.07, 6.45) is 2.19. The lowest BCUT2D eigenvalue weighted by Gasteiger charge is -2.31. The molecule has 0 N–H and O–H groups in total. The molecule has 6 heteroatoms. The maximum absolute atomic E-state index is 12.8. The number of ether oxygens (including phenoxy) is 2.